The van der Waals surface area contributed by atoms with Crippen molar-refractivity contribution in [1.82, 2.24) is 14.5 Å². The number of halogens is 1. The lowest BCUT2D eigenvalue weighted by atomic mass is 10.1. The molecule has 0 bridgehead atoms. The summed E-state index contributed by atoms with van der Waals surface area (Å²) in [5.41, 5.74) is 2.15. The van der Waals surface area contributed by atoms with E-state index in [4.69, 9.17) is 10.2 Å². The van der Waals surface area contributed by atoms with Gasteiger partial charge in [-0.05, 0) is 36.2 Å². The predicted molar refractivity (Wildman–Crippen MR) is 107 cm³/mol. The van der Waals surface area contributed by atoms with Crippen LogP contribution in [0.15, 0.2) is 59.0 Å². The molecule has 0 aliphatic rings. The second-order valence-corrected chi connectivity index (χ2v) is 7.08. The number of unbranched alkanes of at least 4 members (excludes halogenated alkanes) is 1. The van der Waals surface area contributed by atoms with Crippen molar-refractivity contribution in [3.8, 4) is 28.6 Å². The maximum atomic E-state index is 13.4. The first-order valence-corrected chi connectivity index (χ1v) is 9.62. The summed E-state index contributed by atoms with van der Waals surface area (Å²) in [6.07, 6.45) is 4.22. The highest BCUT2D eigenvalue weighted by molar-refractivity contribution is 7.17. The maximum Gasteiger partial charge on any atom is 0.263 e. The van der Waals surface area contributed by atoms with E-state index in [1.54, 1.807) is 29.1 Å². The molecule has 28 heavy (non-hydrogen) atoms. The van der Waals surface area contributed by atoms with Crippen molar-refractivity contribution in [3.05, 3.63) is 70.3 Å². The summed E-state index contributed by atoms with van der Waals surface area (Å²) in [7, 11) is 0. The molecule has 5 nitrogen and oxygen atoms in total. The highest BCUT2D eigenvalue weighted by Gasteiger charge is 2.18. The Balaban J connectivity index is 1.94. The van der Waals surface area contributed by atoms with E-state index >= 15 is 0 Å². The molecule has 0 saturated carbocycles. The number of nitrogens with zero attached hydrogens (tertiary/aromatic N) is 4. The normalized spacial score (nSPS) is 10.9. The van der Waals surface area contributed by atoms with Crippen LogP contribution in [-0.4, -0.2) is 14.5 Å². The third-order valence-corrected chi connectivity index (χ3v) is 5.33. The van der Waals surface area contributed by atoms with Gasteiger partial charge in [0.1, 0.15) is 16.5 Å². The van der Waals surface area contributed by atoms with Gasteiger partial charge in [0, 0.05) is 41.9 Å². The Kier molecular flexibility index (Phi) is 4.96. The summed E-state index contributed by atoms with van der Waals surface area (Å²) in [6, 6.07) is 11.8. The summed E-state index contributed by atoms with van der Waals surface area (Å²) in [6.45, 7) is 0.395. The molecule has 0 saturated heterocycles. The molecule has 1 aromatic carbocycles. The van der Waals surface area contributed by atoms with Gasteiger partial charge in [0.05, 0.1) is 11.5 Å². The summed E-state index contributed by atoms with van der Waals surface area (Å²) < 4.78 is 14.9. The number of nitriles is 1. The third kappa shape index (κ3) is 3.30. The van der Waals surface area contributed by atoms with Crippen LogP contribution in [0.3, 0.4) is 0 Å². The molecule has 4 rings (SSSR count). The molecule has 0 amide bonds. The minimum atomic E-state index is -0.324. The van der Waals surface area contributed by atoms with Crippen molar-refractivity contribution in [2.24, 2.45) is 0 Å². The SMILES string of the molecule is N#CCCCn1c(-c2ccncc2)nc2scc(-c3ccc(F)cc3)c2c1=O. The zero-order valence-corrected chi connectivity index (χ0v) is 15.6. The summed E-state index contributed by atoms with van der Waals surface area (Å²) >= 11 is 1.39. The van der Waals surface area contributed by atoms with Crippen LogP contribution >= 0.6 is 11.3 Å². The fraction of sp³-hybridized carbons (Fsp3) is 0.143. The van der Waals surface area contributed by atoms with Crippen molar-refractivity contribution in [1.29, 1.82) is 5.26 Å². The minimum absolute atomic E-state index is 0.157. The summed E-state index contributed by atoms with van der Waals surface area (Å²) in [5.74, 6) is 0.237. The predicted octanol–water partition coefficient (Wildman–Crippen LogP) is 4.63. The standard InChI is InChI=1S/C21H15FN4OS/c22-16-5-3-14(4-6-16)17-13-28-20-18(17)21(27)26(12-2-1-9-23)19(25-20)15-7-10-24-11-8-15/h3-8,10-11,13H,1-2,12H2. The average Bonchev–Trinajstić information content (AvgIpc) is 3.15. The topological polar surface area (TPSA) is 71.6 Å². The molecular weight excluding hydrogens is 375 g/mol. The van der Waals surface area contributed by atoms with Crippen LogP contribution in [0.4, 0.5) is 4.39 Å². The van der Waals surface area contributed by atoms with Gasteiger partial charge in [0.25, 0.3) is 5.56 Å². The minimum Gasteiger partial charge on any atom is -0.292 e. The molecule has 3 aromatic heterocycles. The van der Waals surface area contributed by atoms with Crippen LogP contribution in [0.1, 0.15) is 12.8 Å². The van der Waals surface area contributed by atoms with Crippen molar-refractivity contribution in [2.45, 2.75) is 19.4 Å². The van der Waals surface area contributed by atoms with E-state index in [9.17, 15) is 9.18 Å². The zero-order chi connectivity index (χ0) is 19.5. The quantitative estimate of drug-likeness (QED) is 0.466. The molecule has 0 radical (unpaired) electrons. The number of hydrogen-bond acceptors (Lipinski definition) is 5. The van der Waals surface area contributed by atoms with Crippen LogP contribution in [-0.2, 0) is 6.54 Å². The Morgan fingerprint density at radius 3 is 2.57 bits per heavy atom. The third-order valence-electron chi connectivity index (χ3n) is 4.46. The molecule has 0 spiro atoms. The molecule has 7 heteroatoms. The number of rotatable bonds is 5. The number of aromatic nitrogens is 3. The summed E-state index contributed by atoms with van der Waals surface area (Å²) in [4.78, 5) is 22.8. The van der Waals surface area contributed by atoms with E-state index in [0.717, 1.165) is 16.7 Å². The summed E-state index contributed by atoms with van der Waals surface area (Å²) in [5, 5.41) is 11.3. The number of benzene rings is 1. The monoisotopic (exact) mass is 390 g/mol. The van der Waals surface area contributed by atoms with Crippen LogP contribution in [0.2, 0.25) is 0 Å². The van der Waals surface area contributed by atoms with Crippen molar-refractivity contribution in [2.75, 3.05) is 0 Å². The van der Waals surface area contributed by atoms with Crippen molar-refractivity contribution < 1.29 is 4.39 Å². The van der Waals surface area contributed by atoms with Gasteiger partial charge in [-0.25, -0.2) is 9.37 Å². The molecular formula is C21H15FN4OS. The van der Waals surface area contributed by atoms with E-state index in [-0.39, 0.29) is 11.4 Å². The highest BCUT2D eigenvalue weighted by Crippen LogP contribution is 2.32. The second-order valence-electron chi connectivity index (χ2n) is 6.23. The van der Waals surface area contributed by atoms with Crippen molar-refractivity contribution >= 4 is 21.6 Å². The van der Waals surface area contributed by atoms with Gasteiger partial charge in [-0.3, -0.25) is 14.3 Å². The smallest absolute Gasteiger partial charge is 0.263 e. The van der Waals surface area contributed by atoms with Gasteiger partial charge in [0.15, 0.2) is 0 Å². The van der Waals surface area contributed by atoms with Gasteiger partial charge in [0.2, 0.25) is 0 Å². The average molecular weight is 390 g/mol. The number of hydrogen-bond donors (Lipinski definition) is 0. The van der Waals surface area contributed by atoms with Gasteiger partial charge in [-0.1, -0.05) is 12.1 Å². The van der Waals surface area contributed by atoms with Gasteiger partial charge in [-0.15, -0.1) is 11.3 Å². The van der Waals surface area contributed by atoms with Crippen LogP contribution in [0, 0.1) is 17.1 Å². The molecule has 0 N–H and O–H groups in total. The number of pyridine rings is 1. The zero-order valence-electron chi connectivity index (χ0n) is 14.8. The van der Waals surface area contributed by atoms with Gasteiger partial charge < -0.3 is 0 Å². The highest BCUT2D eigenvalue weighted by atomic mass is 32.1. The van der Waals surface area contributed by atoms with E-state index < -0.39 is 0 Å². The Bertz CT molecular complexity index is 1220. The largest absolute Gasteiger partial charge is 0.292 e. The first kappa shape index (κ1) is 18.0. The lowest BCUT2D eigenvalue weighted by Crippen LogP contribution is -2.23. The van der Waals surface area contributed by atoms with E-state index in [2.05, 4.69) is 11.1 Å². The fourth-order valence-electron chi connectivity index (χ4n) is 3.11. The van der Waals surface area contributed by atoms with E-state index in [1.165, 1.54) is 23.5 Å². The lowest BCUT2D eigenvalue weighted by Gasteiger charge is -2.12. The molecule has 0 aliphatic carbocycles. The Morgan fingerprint density at radius 1 is 1.11 bits per heavy atom. The molecule has 4 aromatic rings. The first-order chi connectivity index (χ1) is 13.7. The molecule has 0 unspecified atom stereocenters. The van der Waals surface area contributed by atoms with E-state index in [1.807, 2.05) is 17.5 Å². The second kappa shape index (κ2) is 7.71. The molecule has 3 heterocycles. The lowest BCUT2D eigenvalue weighted by molar-refractivity contribution is 0.628. The Labute approximate surface area is 164 Å². The number of thiophene rings is 1. The molecule has 138 valence electrons. The Morgan fingerprint density at radius 2 is 1.86 bits per heavy atom. The molecule has 0 fully saturated rings. The van der Waals surface area contributed by atoms with Crippen LogP contribution < -0.4 is 5.56 Å². The fourth-order valence-corrected chi connectivity index (χ4v) is 4.05. The van der Waals surface area contributed by atoms with E-state index in [0.29, 0.717) is 35.4 Å². The molecule has 0 aliphatic heterocycles. The van der Waals surface area contributed by atoms with Crippen molar-refractivity contribution in [3.63, 3.8) is 0 Å². The molecule has 0 atom stereocenters. The van der Waals surface area contributed by atoms with Gasteiger partial charge in [-0.2, -0.15) is 5.26 Å². The van der Waals surface area contributed by atoms with Gasteiger partial charge >= 0.3 is 0 Å². The Hall–Kier alpha value is -3.37. The first-order valence-electron chi connectivity index (χ1n) is 8.74. The van der Waals surface area contributed by atoms with Crippen LogP contribution in [0.5, 0.6) is 0 Å². The van der Waals surface area contributed by atoms with Crippen LogP contribution in [0.25, 0.3) is 32.7 Å². The number of fused-ring (bicyclic) bond motifs is 1. The maximum absolute atomic E-state index is 13.4.